The normalized spacial score (nSPS) is 21.6. The minimum atomic E-state index is -0.342. The van der Waals surface area contributed by atoms with E-state index in [9.17, 15) is 0 Å². The van der Waals surface area contributed by atoms with Crippen molar-refractivity contribution in [3.8, 4) is 0 Å². The van der Waals surface area contributed by atoms with E-state index >= 15 is 0 Å². The molecule has 0 radical (unpaired) electrons. The number of fused-ring (bicyclic) bond motifs is 3. The summed E-state index contributed by atoms with van der Waals surface area (Å²) in [5, 5.41) is 3.95. The lowest BCUT2D eigenvalue weighted by molar-refractivity contribution is 0.438. The fourth-order valence-electron chi connectivity index (χ4n) is 5.16. The first-order valence-corrected chi connectivity index (χ1v) is 10.9. The molecule has 2 nitrogen and oxygen atoms in total. The van der Waals surface area contributed by atoms with Gasteiger partial charge in [-0.05, 0) is 28.8 Å². The smallest absolute Gasteiger partial charge is 0.142 e. The SMILES string of the molecule is C1=C(c2ccccc2)N2c3ccccc3N[C@@]2(c2ccccc2)C[C@H]1c1ccccc1. The van der Waals surface area contributed by atoms with Crippen molar-refractivity contribution in [3.63, 3.8) is 0 Å². The Morgan fingerprint density at radius 2 is 1.29 bits per heavy atom. The number of para-hydroxylation sites is 2. The number of hydrogen-bond donors (Lipinski definition) is 1. The molecule has 0 aromatic heterocycles. The third kappa shape index (κ3) is 2.87. The topological polar surface area (TPSA) is 15.3 Å². The molecule has 0 spiro atoms. The lowest BCUT2D eigenvalue weighted by atomic mass is 9.79. The Labute approximate surface area is 183 Å². The van der Waals surface area contributed by atoms with E-state index in [4.69, 9.17) is 0 Å². The Morgan fingerprint density at radius 1 is 0.677 bits per heavy atom. The van der Waals surface area contributed by atoms with Crippen LogP contribution in [0.3, 0.4) is 0 Å². The second-order valence-electron chi connectivity index (χ2n) is 8.34. The molecule has 0 aliphatic carbocycles. The molecule has 2 atom stereocenters. The third-order valence-corrected chi connectivity index (χ3v) is 6.53. The van der Waals surface area contributed by atoms with Gasteiger partial charge < -0.3 is 10.2 Å². The van der Waals surface area contributed by atoms with Gasteiger partial charge in [0.05, 0.1) is 11.4 Å². The molecule has 0 saturated carbocycles. The van der Waals surface area contributed by atoms with Crippen LogP contribution in [0.25, 0.3) is 5.70 Å². The summed E-state index contributed by atoms with van der Waals surface area (Å²) in [6.07, 6.45) is 3.40. The van der Waals surface area contributed by atoms with Crippen LogP contribution >= 0.6 is 0 Å². The van der Waals surface area contributed by atoms with Gasteiger partial charge in [-0.15, -0.1) is 0 Å². The summed E-state index contributed by atoms with van der Waals surface area (Å²) in [7, 11) is 0. The van der Waals surface area contributed by atoms with Crippen molar-refractivity contribution in [2.45, 2.75) is 18.0 Å². The fourth-order valence-corrected chi connectivity index (χ4v) is 5.16. The van der Waals surface area contributed by atoms with Gasteiger partial charge in [0.15, 0.2) is 0 Å². The molecule has 2 aliphatic rings. The molecule has 1 N–H and O–H groups in total. The Morgan fingerprint density at radius 3 is 2.03 bits per heavy atom. The number of rotatable bonds is 3. The molecular formula is C29H24N2. The van der Waals surface area contributed by atoms with E-state index in [1.54, 1.807) is 0 Å². The van der Waals surface area contributed by atoms with Crippen LogP contribution in [0.2, 0.25) is 0 Å². The number of allylic oxidation sites excluding steroid dienone is 1. The highest BCUT2D eigenvalue weighted by Gasteiger charge is 2.50. The van der Waals surface area contributed by atoms with Gasteiger partial charge in [0.2, 0.25) is 0 Å². The lowest BCUT2D eigenvalue weighted by Gasteiger charge is -2.47. The van der Waals surface area contributed by atoms with Gasteiger partial charge in [-0.25, -0.2) is 0 Å². The van der Waals surface area contributed by atoms with Crippen LogP contribution in [-0.4, -0.2) is 0 Å². The molecule has 2 heterocycles. The van der Waals surface area contributed by atoms with E-state index in [-0.39, 0.29) is 5.66 Å². The van der Waals surface area contributed by atoms with Crippen LogP contribution in [-0.2, 0) is 5.66 Å². The summed E-state index contributed by atoms with van der Waals surface area (Å²) in [5.41, 5.74) is 7.20. The van der Waals surface area contributed by atoms with Crippen LogP contribution in [0, 0.1) is 0 Å². The Hall–Kier alpha value is -3.78. The fraction of sp³-hybridized carbons (Fsp3) is 0.103. The summed E-state index contributed by atoms with van der Waals surface area (Å²) in [5.74, 6) is 0.301. The number of benzene rings is 4. The zero-order valence-electron chi connectivity index (χ0n) is 17.3. The van der Waals surface area contributed by atoms with Crippen molar-refractivity contribution < 1.29 is 0 Å². The minimum Gasteiger partial charge on any atom is -0.357 e. The highest BCUT2D eigenvalue weighted by Crippen LogP contribution is 2.56. The standard InChI is InChI=1S/C29H24N2/c1-4-12-22(13-5-1)24-20-28(23-14-6-2-7-15-23)31-27-19-11-10-18-26(27)30-29(31,21-24)25-16-8-3-9-17-25/h1-20,24,30H,21H2/t24-,29-/m0/s1. The Kier molecular flexibility index (Phi) is 4.17. The maximum atomic E-state index is 3.95. The average Bonchev–Trinajstić information content (AvgIpc) is 3.21. The zero-order chi connectivity index (χ0) is 20.7. The molecule has 0 amide bonds. The van der Waals surface area contributed by atoms with Gasteiger partial charge in [-0.1, -0.05) is 109 Å². The lowest BCUT2D eigenvalue weighted by Crippen LogP contribution is -2.50. The van der Waals surface area contributed by atoms with Gasteiger partial charge in [-0.3, -0.25) is 0 Å². The van der Waals surface area contributed by atoms with Crippen LogP contribution in [0.1, 0.15) is 29.0 Å². The number of nitrogens with zero attached hydrogens (tertiary/aromatic N) is 1. The largest absolute Gasteiger partial charge is 0.357 e. The summed E-state index contributed by atoms with van der Waals surface area (Å²) < 4.78 is 0. The monoisotopic (exact) mass is 400 g/mol. The first-order valence-electron chi connectivity index (χ1n) is 10.9. The molecule has 0 fully saturated rings. The molecular weight excluding hydrogens is 376 g/mol. The predicted octanol–water partition coefficient (Wildman–Crippen LogP) is 7.00. The molecule has 31 heavy (non-hydrogen) atoms. The first kappa shape index (κ1) is 18.0. The molecule has 0 bridgehead atoms. The zero-order valence-corrected chi connectivity index (χ0v) is 17.3. The van der Waals surface area contributed by atoms with Crippen molar-refractivity contribution in [3.05, 3.63) is 138 Å². The predicted molar refractivity (Wildman–Crippen MR) is 129 cm³/mol. The summed E-state index contributed by atoms with van der Waals surface area (Å²) in [6.45, 7) is 0. The molecule has 4 aromatic rings. The second kappa shape index (κ2) is 7.17. The quantitative estimate of drug-likeness (QED) is 0.398. The van der Waals surface area contributed by atoms with E-state index in [0.717, 1.165) is 6.42 Å². The molecule has 2 heteroatoms. The molecule has 150 valence electrons. The second-order valence-corrected chi connectivity index (χ2v) is 8.34. The van der Waals surface area contributed by atoms with Gasteiger partial charge in [0.25, 0.3) is 0 Å². The van der Waals surface area contributed by atoms with Crippen LogP contribution in [0.15, 0.2) is 121 Å². The van der Waals surface area contributed by atoms with Crippen LogP contribution in [0.5, 0.6) is 0 Å². The molecule has 6 rings (SSSR count). The molecule has 2 aliphatic heterocycles. The van der Waals surface area contributed by atoms with E-state index in [1.165, 1.54) is 33.8 Å². The highest BCUT2D eigenvalue weighted by atomic mass is 15.4. The number of hydrogen-bond acceptors (Lipinski definition) is 2. The molecule has 4 aromatic carbocycles. The third-order valence-electron chi connectivity index (χ3n) is 6.53. The van der Waals surface area contributed by atoms with Gasteiger partial charge in [0.1, 0.15) is 5.66 Å². The van der Waals surface area contributed by atoms with Crippen molar-refractivity contribution in [1.29, 1.82) is 0 Å². The minimum absolute atomic E-state index is 0.301. The highest BCUT2D eigenvalue weighted by molar-refractivity contribution is 5.93. The average molecular weight is 401 g/mol. The van der Waals surface area contributed by atoms with E-state index < -0.39 is 0 Å². The Bertz CT molecular complexity index is 1230. The van der Waals surface area contributed by atoms with Crippen molar-refractivity contribution in [1.82, 2.24) is 0 Å². The summed E-state index contributed by atoms with van der Waals surface area (Å²) in [4.78, 5) is 2.52. The molecule has 0 unspecified atom stereocenters. The van der Waals surface area contributed by atoms with E-state index in [2.05, 4.69) is 132 Å². The van der Waals surface area contributed by atoms with Gasteiger partial charge in [-0.2, -0.15) is 0 Å². The van der Waals surface area contributed by atoms with Gasteiger partial charge in [0, 0.05) is 18.0 Å². The van der Waals surface area contributed by atoms with Crippen LogP contribution in [0.4, 0.5) is 11.4 Å². The Balaban J connectivity index is 1.62. The maximum Gasteiger partial charge on any atom is 0.142 e. The van der Waals surface area contributed by atoms with Crippen molar-refractivity contribution in [2.75, 3.05) is 10.2 Å². The summed E-state index contributed by atoms with van der Waals surface area (Å²) in [6, 6.07) is 41.2. The van der Waals surface area contributed by atoms with Crippen molar-refractivity contribution in [2.24, 2.45) is 0 Å². The van der Waals surface area contributed by atoms with Crippen molar-refractivity contribution >= 4 is 17.1 Å². The van der Waals surface area contributed by atoms with E-state index in [0.29, 0.717) is 5.92 Å². The molecule has 0 saturated heterocycles. The first-order chi connectivity index (χ1) is 15.4. The maximum absolute atomic E-state index is 3.95. The van der Waals surface area contributed by atoms with Gasteiger partial charge >= 0.3 is 0 Å². The van der Waals surface area contributed by atoms with Crippen LogP contribution < -0.4 is 10.2 Å². The van der Waals surface area contributed by atoms with E-state index in [1.807, 2.05) is 0 Å². The summed E-state index contributed by atoms with van der Waals surface area (Å²) >= 11 is 0. The number of nitrogens with one attached hydrogen (secondary N) is 1. The number of anilines is 2.